The molecule has 7 heteroatoms. The zero-order valence-electron chi connectivity index (χ0n) is 16.1. The Hall–Kier alpha value is -2.83. The van der Waals surface area contributed by atoms with E-state index in [1.54, 1.807) is 61.7 Å². The van der Waals surface area contributed by atoms with Gasteiger partial charge in [0, 0.05) is 23.7 Å². The third-order valence-electron chi connectivity index (χ3n) is 4.54. The highest BCUT2D eigenvalue weighted by Gasteiger charge is 2.19. The van der Waals surface area contributed by atoms with Crippen LogP contribution in [-0.4, -0.2) is 38.2 Å². The second kappa shape index (κ2) is 10.1. The molecule has 2 aromatic carbocycles. The fraction of sp³-hybridized carbons (Fsp3) is 0.273. The number of benzene rings is 2. The number of nitrogens with one attached hydrogen (secondary N) is 2. The molecule has 1 atom stereocenters. The number of hydrogen-bond donors (Lipinski definition) is 2. The highest BCUT2D eigenvalue weighted by atomic mass is 35.5. The first-order chi connectivity index (χ1) is 14.0. The summed E-state index contributed by atoms with van der Waals surface area (Å²) in [5.41, 5.74) is 1.30. The molecule has 152 valence electrons. The number of amides is 2. The minimum Gasteiger partial charge on any atom is -0.497 e. The third kappa shape index (κ3) is 6.07. The predicted octanol–water partition coefficient (Wildman–Crippen LogP) is 3.41. The van der Waals surface area contributed by atoms with E-state index in [0.717, 1.165) is 18.4 Å². The summed E-state index contributed by atoms with van der Waals surface area (Å²) < 4.78 is 10.6. The van der Waals surface area contributed by atoms with E-state index in [1.165, 1.54) is 0 Å². The Balaban J connectivity index is 1.75. The molecule has 1 saturated heterocycles. The van der Waals surface area contributed by atoms with Crippen molar-refractivity contribution in [2.24, 2.45) is 0 Å². The van der Waals surface area contributed by atoms with Crippen molar-refractivity contribution in [1.29, 1.82) is 0 Å². The molecule has 0 saturated carbocycles. The normalized spacial score (nSPS) is 16.3. The van der Waals surface area contributed by atoms with Crippen molar-refractivity contribution < 1.29 is 19.1 Å². The molecule has 0 aromatic heterocycles. The predicted molar refractivity (Wildman–Crippen MR) is 112 cm³/mol. The summed E-state index contributed by atoms with van der Waals surface area (Å²) in [4.78, 5) is 25.4. The molecule has 0 aliphatic carbocycles. The van der Waals surface area contributed by atoms with E-state index in [0.29, 0.717) is 29.5 Å². The SMILES string of the molecule is COc1ccc(C(=O)NC(=Cc2ccc(Cl)cc2)C(=O)NCC2CCCO2)cc1. The van der Waals surface area contributed by atoms with Crippen LogP contribution in [0, 0.1) is 0 Å². The molecule has 1 heterocycles. The van der Waals surface area contributed by atoms with E-state index >= 15 is 0 Å². The molecule has 0 radical (unpaired) electrons. The molecule has 6 nitrogen and oxygen atoms in total. The van der Waals surface area contributed by atoms with Gasteiger partial charge in [0.1, 0.15) is 11.4 Å². The first kappa shape index (κ1) is 20.9. The number of carbonyl (C=O) groups excluding carboxylic acids is 2. The highest BCUT2D eigenvalue weighted by Crippen LogP contribution is 2.15. The minimum atomic E-state index is -0.389. The first-order valence-electron chi connectivity index (χ1n) is 9.37. The van der Waals surface area contributed by atoms with Crippen molar-refractivity contribution >= 4 is 29.5 Å². The molecule has 2 N–H and O–H groups in total. The monoisotopic (exact) mass is 414 g/mol. The van der Waals surface area contributed by atoms with Gasteiger partial charge in [-0.25, -0.2) is 0 Å². The van der Waals surface area contributed by atoms with Crippen LogP contribution in [0.5, 0.6) is 5.75 Å². The standard InChI is InChI=1S/C22H23ClN2O4/c1-28-18-10-6-16(7-11-18)21(26)25-20(13-15-4-8-17(23)9-5-15)22(27)24-14-19-3-2-12-29-19/h4-11,13,19H,2-3,12,14H2,1H3,(H,24,27)(H,25,26). The van der Waals surface area contributed by atoms with Crippen LogP contribution in [0.1, 0.15) is 28.8 Å². The third-order valence-corrected chi connectivity index (χ3v) is 4.79. The number of carbonyl (C=O) groups is 2. The molecule has 0 bridgehead atoms. The lowest BCUT2D eigenvalue weighted by atomic mass is 10.1. The Morgan fingerprint density at radius 1 is 1.17 bits per heavy atom. The first-order valence-corrected chi connectivity index (χ1v) is 9.75. The van der Waals surface area contributed by atoms with E-state index in [1.807, 2.05) is 0 Å². The fourth-order valence-electron chi connectivity index (χ4n) is 2.93. The largest absolute Gasteiger partial charge is 0.497 e. The lowest BCUT2D eigenvalue weighted by Crippen LogP contribution is -2.38. The molecule has 29 heavy (non-hydrogen) atoms. The second-order valence-electron chi connectivity index (χ2n) is 6.64. The van der Waals surface area contributed by atoms with Gasteiger partial charge in [-0.05, 0) is 60.9 Å². The zero-order valence-corrected chi connectivity index (χ0v) is 16.9. The van der Waals surface area contributed by atoms with Gasteiger partial charge in [0.15, 0.2) is 0 Å². The highest BCUT2D eigenvalue weighted by molar-refractivity contribution is 6.30. The molecule has 1 unspecified atom stereocenters. The average Bonchev–Trinajstić information content (AvgIpc) is 3.26. The summed E-state index contributed by atoms with van der Waals surface area (Å²) in [5, 5.41) is 6.13. The van der Waals surface area contributed by atoms with E-state index in [4.69, 9.17) is 21.1 Å². The number of methoxy groups -OCH3 is 1. The van der Waals surface area contributed by atoms with Crippen molar-refractivity contribution in [3.05, 3.63) is 70.4 Å². The molecule has 1 aliphatic heterocycles. The molecule has 1 aliphatic rings. The minimum absolute atomic E-state index is 0.00743. The van der Waals surface area contributed by atoms with Crippen molar-refractivity contribution in [3.8, 4) is 5.75 Å². The van der Waals surface area contributed by atoms with Gasteiger partial charge in [-0.2, -0.15) is 0 Å². The van der Waals surface area contributed by atoms with Crippen LogP contribution in [0.25, 0.3) is 6.08 Å². The van der Waals surface area contributed by atoms with E-state index in [9.17, 15) is 9.59 Å². The van der Waals surface area contributed by atoms with Gasteiger partial charge in [0.25, 0.3) is 11.8 Å². The number of rotatable bonds is 7. The molecular weight excluding hydrogens is 392 g/mol. The summed E-state index contributed by atoms with van der Waals surface area (Å²) in [7, 11) is 1.56. The Kier molecular flexibility index (Phi) is 7.27. The van der Waals surface area contributed by atoms with Crippen LogP contribution in [0.2, 0.25) is 5.02 Å². The van der Waals surface area contributed by atoms with Gasteiger partial charge in [0.2, 0.25) is 0 Å². The Labute approximate surface area is 174 Å². The van der Waals surface area contributed by atoms with Gasteiger partial charge in [-0.1, -0.05) is 23.7 Å². The maximum atomic E-state index is 12.7. The molecule has 1 fully saturated rings. The van der Waals surface area contributed by atoms with Gasteiger partial charge >= 0.3 is 0 Å². The summed E-state index contributed by atoms with van der Waals surface area (Å²) in [6.45, 7) is 1.11. The Morgan fingerprint density at radius 2 is 1.90 bits per heavy atom. The van der Waals surface area contributed by atoms with Crippen LogP contribution >= 0.6 is 11.6 Å². The van der Waals surface area contributed by atoms with Gasteiger partial charge in [-0.15, -0.1) is 0 Å². The summed E-state index contributed by atoms with van der Waals surface area (Å²) in [6, 6.07) is 13.6. The molecule has 3 rings (SSSR count). The number of hydrogen-bond acceptors (Lipinski definition) is 4. The lowest BCUT2D eigenvalue weighted by molar-refractivity contribution is -0.118. The van der Waals surface area contributed by atoms with Crippen molar-refractivity contribution in [2.45, 2.75) is 18.9 Å². The molecular formula is C22H23ClN2O4. The Bertz CT molecular complexity index is 873. The Morgan fingerprint density at radius 3 is 2.52 bits per heavy atom. The van der Waals surface area contributed by atoms with E-state index in [2.05, 4.69) is 10.6 Å². The quantitative estimate of drug-likeness (QED) is 0.681. The van der Waals surface area contributed by atoms with Crippen molar-refractivity contribution in [1.82, 2.24) is 10.6 Å². The fourth-order valence-corrected chi connectivity index (χ4v) is 3.05. The number of ether oxygens (including phenoxy) is 2. The van der Waals surface area contributed by atoms with Crippen molar-refractivity contribution in [3.63, 3.8) is 0 Å². The van der Waals surface area contributed by atoms with Gasteiger partial charge in [0.05, 0.1) is 13.2 Å². The lowest BCUT2D eigenvalue weighted by Gasteiger charge is -2.14. The van der Waals surface area contributed by atoms with Crippen LogP contribution in [0.4, 0.5) is 0 Å². The average molecular weight is 415 g/mol. The topological polar surface area (TPSA) is 76.7 Å². The van der Waals surface area contributed by atoms with Gasteiger partial charge in [-0.3, -0.25) is 9.59 Å². The molecule has 2 amide bonds. The maximum absolute atomic E-state index is 12.7. The van der Waals surface area contributed by atoms with Crippen LogP contribution in [0.3, 0.4) is 0 Å². The molecule has 2 aromatic rings. The number of halogens is 1. The zero-order chi connectivity index (χ0) is 20.6. The summed E-state index contributed by atoms with van der Waals surface area (Å²) in [5.74, 6) is -0.120. The van der Waals surface area contributed by atoms with E-state index in [-0.39, 0.29) is 23.6 Å². The maximum Gasteiger partial charge on any atom is 0.267 e. The van der Waals surface area contributed by atoms with Gasteiger partial charge < -0.3 is 20.1 Å². The van der Waals surface area contributed by atoms with Crippen molar-refractivity contribution in [2.75, 3.05) is 20.3 Å². The second-order valence-corrected chi connectivity index (χ2v) is 7.07. The van der Waals surface area contributed by atoms with Crippen LogP contribution in [0.15, 0.2) is 54.2 Å². The van der Waals surface area contributed by atoms with Crippen LogP contribution in [-0.2, 0) is 9.53 Å². The summed E-state index contributed by atoms with van der Waals surface area (Å²) >= 11 is 5.93. The molecule has 0 spiro atoms. The summed E-state index contributed by atoms with van der Waals surface area (Å²) in [6.07, 6.45) is 3.52. The smallest absolute Gasteiger partial charge is 0.267 e. The van der Waals surface area contributed by atoms with Crippen LogP contribution < -0.4 is 15.4 Å². The van der Waals surface area contributed by atoms with E-state index < -0.39 is 0 Å².